The van der Waals surface area contributed by atoms with E-state index in [1.165, 1.54) is 18.2 Å². The van der Waals surface area contributed by atoms with Crippen molar-refractivity contribution < 1.29 is 33.3 Å². The standard InChI is InChI=1S/C25H29NO7S/c1-25-10-9-18-17-8-6-15(27)11-13(17)5-7-19(18)20(25)22(21(28)23(25)29)33-24(30)14-3-2-4-16(12-14)34(26,31)32/h2-4,6,8,11-12,18-23,27-29H,5,7,9-10H2,1H3,(H2,26,31,32)/t18?,19?,20?,21-,22-,23+,25+/m1/s1. The molecule has 2 saturated carbocycles. The number of sulfonamides is 1. The Morgan fingerprint density at radius 3 is 2.65 bits per heavy atom. The van der Waals surface area contributed by atoms with Crippen LogP contribution in [-0.2, 0) is 21.2 Å². The molecule has 0 bridgehead atoms. The molecule has 0 heterocycles. The number of primary sulfonamides is 1. The molecule has 0 aliphatic heterocycles. The number of aliphatic hydroxyl groups excluding tert-OH is 2. The van der Waals surface area contributed by atoms with Crippen LogP contribution >= 0.6 is 0 Å². The van der Waals surface area contributed by atoms with Crippen LogP contribution in [0.15, 0.2) is 47.4 Å². The summed E-state index contributed by atoms with van der Waals surface area (Å²) in [6, 6.07) is 10.7. The highest BCUT2D eigenvalue weighted by Crippen LogP contribution is 2.61. The Bertz CT molecular complexity index is 1250. The van der Waals surface area contributed by atoms with E-state index in [4.69, 9.17) is 9.88 Å². The second-order valence-corrected chi connectivity index (χ2v) is 11.7. The summed E-state index contributed by atoms with van der Waals surface area (Å²) >= 11 is 0. The SMILES string of the molecule is C[C@]12CCC3c4ccc(O)cc4CCC3C1[C@@H](OC(=O)c1cccc(S(N)(=O)=O)c1)[C@@H](O)[C@@H]2O. The van der Waals surface area contributed by atoms with Crippen LogP contribution in [0.25, 0.3) is 0 Å². The molecule has 0 aromatic heterocycles. The summed E-state index contributed by atoms with van der Waals surface area (Å²) in [5, 5.41) is 37.1. The molecule has 3 aliphatic rings. The number of hydrogen-bond acceptors (Lipinski definition) is 7. The maximum absolute atomic E-state index is 13.0. The van der Waals surface area contributed by atoms with Gasteiger partial charge in [0.1, 0.15) is 18.0 Å². The first-order chi connectivity index (χ1) is 16.0. The first kappa shape index (κ1) is 23.3. The van der Waals surface area contributed by atoms with Crippen LogP contribution in [-0.4, -0.2) is 48.0 Å². The van der Waals surface area contributed by atoms with Crippen LogP contribution < -0.4 is 5.14 Å². The van der Waals surface area contributed by atoms with E-state index in [1.807, 2.05) is 13.0 Å². The molecule has 7 atom stereocenters. The van der Waals surface area contributed by atoms with E-state index in [2.05, 4.69) is 0 Å². The van der Waals surface area contributed by atoms with Crippen molar-refractivity contribution in [2.45, 2.75) is 61.7 Å². The number of esters is 1. The average Bonchev–Trinajstić information content (AvgIpc) is 2.99. The van der Waals surface area contributed by atoms with Gasteiger partial charge in [0.05, 0.1) is 16.6 Å². The third-order valence-corrected chi connectivity index (χ3v) is 9.25. The number of aryl methyl sites for hydroxylation is 1. The van der Waals surface area contributed by atoms with Gasteiger partial charge in [-0.05, 0) is 79.0 Å². The van der Waals surface area contributed by atoms with E-state index in [1.54, 1.807) is 12.1 Å². The second-order valence-electron chi connectivity index (χ2n) is 10.1. The first-order valence-corrected chi connectivity index (χ1v) is 13.1. The zero-order chi connectivity index (χ0) is 24.4. The number of phenolic OH excluding ortho intramolecular Hbond substituents is 1. The van der Waals surface area contributed by atoms with Gasteiger partial charge in [-0.2, -0.15) is 0 Å². The van der Waals surface area contributed by atoms with E-state index in [0.29, 0.717) is 6.42 Å². The summed E-state index contributed by atoms with van der Waals surface area (Å²) in [6.07, 6.45) is -0.204. The molecule has 182 valence electrons. The number of phenols is 1. The highest BCUT2D eigenvalue weighted by Gasteiger charge is 2.64. The molecule has 5 rings (SSSR count). The van der Waals surface area contributed by atoms with Crippen LogP contribution in [0.3, 0.4) is 0 Å². The van der Waals surface area contributed by atoms with E-state index >= 15 is 0 Å². The number of benzene rings is 2. The predicted molar refractivity (Wildman–Crippen MR) is 123 cm³/mol. The lowest BCUT2D eigenvalue weighted by Gasteiger charge is -2.50. The minimum Gasteiger partial charge on any atom is -0.508 e. The van der Waals surface area contributed by atoms with Crippen molar-refractivity contribution in [3.8, 4) is 5.75 Å². The first-order valence-electron chi connectivity index (χ1n) is 11.5. The van der Waals surface area contributed by atoms with Crippen LogP contribution in [0.1, 0.15) is 53.6 Å². The third kappa shape index (κ3) is 3.62. The Morgan fingerprint density at radius 1 is 1.15 bits per heavy atom. The highest BCUT2D eigenvalue weighted by molar-refractivity contribution is 7.89. The van der Waals surface area contributed by atoms with Gasteiger partial charge in [0.25, 0.3) is 0 Å². The molecule has 5 N–H and O–H groups in total. The van der Waals surface area contributed by atoms with Gasteiger partial charge in [-0.3, -0.25) is 0 Å². The molecule has 2 aromatic carbocycles. The molecule has 0 amide bonds. The molecule has 34 heavy (non-hydrogen) atoms. The molecular weight excluding hydrogens is 458 g/mol. The lowest BCUT2D eigenvalue weighted by molar-refractivity contribution is -0.0519. The van der Waals surface area contributed by atoms with Crippen molar-refractivity contribution in [3.05, 3.63) is 59.2 Å². The van der Waals surface area contributed by atoms with Crippen LogP contribution in [0.2, 0.25) is 0 Å². The summed E-state index contributed by atoms with van der Waals surface area (Å²) in [4.78, 5) is 12.8. The van der Waals surface area contributed by atoms with E-state index < -0.39 is 39.7 Å². The summed E-state index contributed by atoms with van der Waals surface area (Å²) in [5.74, 6) is -0.557. The minimum atomic E-state index is -4.00. The fourth-order valence-electron chi connectivity index (χ4n) is 6.73. The van der Waals surface area contributed by atoms with E-state index in [0.717, 1.165) is 36.5 Å². The number of aliphatic hydroxyl groups is 2. The topological polar surface area (TPSA) is 147 Å². The molecule has 3 unspecified atom stereocenters. The summed E-state index contributed by atoms with van der Waals surface area (Å²) in [7, 11) is -4.00. The summed E-state index contributed by atoms with van der Waals surface area (Å²) in [6.45, 7) is 1.95. The Balaban J connectivity index is 1.47. The van der Waals surface area contributed by atoms with Crippen LogP contribution in [0, 0.1) is 17.3 Å². The van der Waals surface area contributed by atoms with Crippen molar-refractivity contribution in [2.24, 2.45) is 22.4 Å². The zero-order valence-corrected chi connectivity index (χ0v) is 19.6. The van der Waals surface area contributed by atoms with Crippen LogP contribution in [0.5, 0.6) is 5.75 Å². The van der Waals surface area contributed by atoms with Gasteiger partial charge < -0.3 is 20.1 Å². The number of carbonyl (C=O) groups excluding carboxylic acids is 1. The third-order valence-electron chi connectivity index (χ3n) is 8.34. The van der Waals surface area contributed by atoms with Crippen LogP contribution in [0.4, 0.5) is 0 Å². The van der Waals surface area contributed by atoms with Gasteiger partial charge >= 0.3 is 5.97 Å². The van der Waals surface area contributed by atoms with E-state index in [-0.39, 0.29) is 34.0 Å². The van der Waals surface area contributed by atoms with Gasteiger partial charge in [-0.15, -0.1) is 0 Å². The maximum atomic E-state index is 13.0. The summed E-state index contributed by atoms with van der Waals surface area (Å²) in [5.41, 5.74) is 1.66. The quantitative estimate of drug-likeness (QED) is 0.485. The molecule has 2 fully saturated rings. The zero-order valence-electron chi connectivity index (χ0n) is 18.8. The smallest absolute Gasteiger partial charge is 0.338 e. The van der Waals surface area contributed by atoms with Crippen molar-refractivity contribution in [2.75, 3.05) is 0 Å². The summed E-state index contributed by atoms with van der Waals surface area (Å²) < 4.78 is 29.2. The maximum Gasteiger partial charge on any atom is 0.338 e. The Morgan fingerprint density at radius 2 is 1.91 bits per heavy atom. The number of rotatable bonds is 3. The second kappa shape index (κ2) is 8.05. The molecule has 2 aromatic rings. The van der Waals surface area contributed by atoms with Crippen molar-refractivity contribution >= 4 is 16.0 Å². The fraction of sp³-hybridized carbons (Fsp3) is 0.480. The molecule has 0 radical (unpaired) electrons. The Labute approximate surface area is 198 Å². The molecular formula is C25H29NO7S. The number of fused-ring (bicyclic) bond motifs is 5. The van der Waals surface area contributed by atoms with E-state index in [9.17, 15) is 28.5 Å². The average molecular weight is 488 g/mol. The number of carbonyl (C=O) groups is 1. The highest BCUT2D eigenvalue weighted by atomic mass is 32.2. The monoisotopic (exact) mass is 487 g/mol. The van der Waals surface area contributed by atoms with Crippen molar-refractivity contribution in [1.82, 2.24) is 0 Å². The normalized spacial score (nSPS) is 34.6. The van der Waals surface area contributed by atoms with Gasteiger partial charge in [-0.25, -0.2) is 18.4 Å². The number of aromatic hydroxyl groups is 1. The molecule has 8 nitrogen and oxygen atoms in total. The lowest BCUT2D eigenvalue weighted by atomic mass is 9.55. The van der Waals surface area contributed by atoms with Crippen molar-refractivity contribution in [3.63, 3.8) is 0 Å². The molecule has 9 heteroatoms. The van der Waals surface area contributed by atoms with Gasteiger partial charge in [0.2, 0.25) is 10.0 Å². The predicted octanol–water partition coefficient (Wildman–Crippen LogP) is 2.06. The lowest BCUT2D eigenvalue weighted by Crippen LogP contribution is -2.47. The largest absolute Gasteiger partial charge is 0.508 e. The molecule has 3 aliphatic carbocycles. The number of nitrogens with two attached hydrogens (primary N) is 1. The minimum absolute atomic E-state index is 0.0126. The number of ether oxygens (including phenoxy) is 1. The van der Waals surface area contributed by atoms with Crippen molar-refractivity contribution in [1.29, 1.82) is 0 Å². The van der Waals surface area contributed by atoms with Gasteiger partial charge in [0, 0.05) is 11.3 Å². The fourth-order valence-corrected chi connectivity index (χ4v) is 7.29. The molecule has 0 saturated heterocycles. The van der Waals surface area contributed by atoms with Gasteiger partial charge in [0.15, 0.2) is 0 Å². The molecule has 0 spiro atoms. The Kier molecular flexibility index (Phi) is 5.51. The Hall–Kier alpha value is -2.46. The number of hydrogen-bond donors (Lipinski definition) is 4. The van der Waals surface area contributed by atoms with Gasteiger partial charge in [-0.1, -0.05) is 19.1 Å².